The van der Waals surface area contributed by atoms with Gasteiger partial charge in [0.2, 0.25) is 0 Å². The van der Waals surface area contributed by atoms with Crippen molar-refractivity contribution < 1.29 is 4.79 Å². The standard InChI is InChI=1S/C13H12OS/c1-10(14)7-11-8-13(15-9-11)12-5-3-2-4-6-12/h2-6,8-9H,7H2,1H3. The summed E-state index contributed by atoms with van der Waals surface area (Å²) in [5.41, 5.74) is 2.34. The van der Waals surface area contributed by atoms with E-state index >= 15 is 0 Å². The molecule has 0 saturated carbocycles. The summed E-state index contributed by atoms with van der Waals surface area (Å²) in [5, 5.41) is 2.06. The summed E-state index contributed by atoms with van der Waals surface area (Å²) in [6.45, 7) is 1.62. The Kier molecular flexibility index (Phi) is 2.97. The molecule has 76 valence electrons. The molecular formula is C13H12OS. The van der Waals surface area contributed by atoms with Crippen molar-refractivity contribution in [2.24, 2.45) is 0 Å². The predicted octanol–water partition coefficient (Wildman–Crippen LogP) is 3.55. The van der Waals surface area contributed by atoms with Gasteiger partial charge in [0.25, 0.3) is 0 Å². The summed E-state index contributed by atoms with van der Waals surface area (Å²) in [6, 6.07) is 12.3. The molecule has 0 aliphatic heterocycles. The largest absolute Gasteiger partial charge is 0.300 e. The third kappa shape index (κ3) is 2.54. The van der Waals surface area contributed by atoms with Crippen molar-refractivity contribution in [1.29, 1.82) is 0 Å². The molecule has 2 aromatic rings. The van der Waals surface area contributed by atoms with E-state index in [9.17, 15) is 4.79 Å². The first-order valence-electron chi connectivity index (χ1n) is 4.88. The van der Waals surface area contributed by atoms with Gasteiger partial charge in [-0.05, 0) is 29.5 Å². The van der Waals surface area contributed by atoms with Gasteiger partial charge in [-0.15, -0.1) is 11.3 Å². The molecule has 1 heterocycles. The Bertz CT molecular complexity index is 456. The summed E-state index contributed by atoms with van der Waals surface area (Å²) < 4.78 is 0. The van der Waals surface area contributed by atoms with Crippen LogP contribution in [0.1, 0.15) is 12.5 Å². The second-order valence-electron chi connectivity index (χ2n) is 3.56. The van der Waals surface area contributed by atoms with Crippen LogP contribution >= 0.6 is 11.3 Å². The van der Waals surface area contributed by atoms with Crippen molar-refractivity contribution >= 4 is 17.1 Å². The van der Waals surface area contributed by atoms with Crippen LogP contribution in [0, 0.1) is 0 Å². The van der Waals surface area contributed by atoms with E-state index in [-0.39, 0.29) is 5.78 Å². The third-order valence-electron chi connectivity index (χ3n) is 2.17. The van der Waals surface area contributed by atoms with E-state index in [0.29, 0.717) is 6.42 Å². The average Bonchev–Trinajstić information content (AvgIpc) is 2.67. The molecule has 0 aliphatic carbocycles. The number of rotatable bonds is 3. The minimum absolute atomic E-state index is 0.215. The zero-order valence-corrected chi connectivity index (χ0v) is 9.38. The van der Waals surface area contributed by atoms with Crippen LogP contribution in [0.3, 0.4) is 0 Å². The normalized spacial score (nSPS) is 10.2. The lowest BCUT2D eigenvalue weighted by molar-refractivity contribution is -0.116. The maximum absolute atomic E-state index is 11.0. The summed E-state index contributed by atoms with van der Waals surface area (Å²) in [5.74, 6) is 0.215. The van der Waals surface area contributed by atoms with Gasteiger partial charge in [-0.3, -0.25) is 4.79 Å². The van der Waals surface area contributed by atoms with Crippen LogP contribution in [0.2, 0.25) is 0 Å². The van der Waals surface area contributed by atoms with Crippen LogP contribution in [0.25, 0.3) is 10.4 Å². The Hall–Kier alpha value is -1.41. The Morgan fingerprint density at radius 3 is 2.67 bits per heavy atom. The van der Waals surface area contributed by atoms with Gasteiger partial charge in [0.05, 0.1) is 0 Å². The van der Waals surface area contributed by atoms with Crippen molar-refractivity contribution in [2.45, 2.75) is 13.3 Å². The number of hydrogen-bond donors (Lipinski definition) is 0. The number of ketones is 1. The van der Waals surface area contributed by atoms with E-state index in [4.69, 9.17) is 0 Å². The Labute approximate surface area is 93.4 Å². The van der Waals surface area contributed by atoms with Gasteiger partial charge in [-0.2, -0.15) is 0 Å². The topological polar surface area (TPSA) is 17.1 Å². The fourth-order valence-electron chi connectivity index (χ4n) is 1.51. The zero-order valence-electron chi connectivity index (χ0n) is 8.57. The van der Waals surface area contributed by atoms with E-state index in [1.807, 2.05) is 18.2 Å². The fourth-order valence-corrected chi connectivity index (χ4v) is 2.43. The highest BCUT2D eigenvalue weighted by molar-refractivity contribution is 7.13. The first-order valence-corrected chi connectivity index (χ1v) is 5.76. The van der Waals surface area contributed by atoms with Crippen LogP contribution in [-0.2, 0) is 11.2 Å². The van der Waals surface area contributed by atoms with Crippen LogP contribution in [0.4, 0.5) is 0 Å². The van der Waals surface area contributed by atoms with Gasteiger partial charge in [-0.25, -0.2) is 0 Å². The SMILES string of the molecule is CC(=O)Cc1csc(-c2ccccc2)c1. The Balaban J connectivity index is 2.24. The lowest BCUT2D eigenvalue weighted by atomic mass is 10.1. The lowest BCUT2D eigenvalue weighted by Gasteiger charge is -1.94. The molecular weight excluding hydrogens is 204 g/mol. The molecule has 0 amide bonds. The van der Waals surface area contributed by atoms with Crippen LogP contribution in [0.5, 0.6) is 0 Å². The molecule has 0 fully saturated rings. The molecule has 2 rings (SSSR count). The Morgan fingerprint density at radius 1 is 1.27 bits per heavy atom. The summed E-state index contributed by atoms with van der Waals surface area (Å²) in [4.78, 5) is 12.2. The maximum Gasteiger partial charge on any atom is 0.134 e. The molecule has 0 atom stereocenters. The molecule has 0 spiro atoms. The Morgan fingerprint density at radius 2 is 2.00 bits per heavy atom. The smallest absolute Gasteiger partial charge is 0.134 e. The van der Waals surface area contributed by atoms with E-state index in [2.05, 4.69) is 23.6 Å². The number of carbonyl (C=O) groups excluding carboxylic acids is 1. The predicted molar refractivity (Wildman–Crippen MR) is 64.1 cm³/mol. The van der Waals surface area contributed by atoms with E-state index in [1.165, 1.54) is 10.4 Å². The van der Waals surface area contributed by atoms with Crippen molar-refractivity contribution in [3.05, 3.63) is 47.3 Å². The van der Waals surface area contributed by atoms with Gasteiger partial charge >= 0.3 is 0 Å². The quantitative estimate of drug-likeness (QED) is 0.767. The monoisotopic (exact) mass is 216 g/mol. The van der Waals surface area contributed by atoms with Crippen LogP contribution in [0.15, 0.2) is 41.8 Å². The number of Topliss-reactive ketones (excluding diaryl/α,β-unsaturated/α-hetero) is 1. The molecule has 1 aromatic heterocycles. The molecule has 1 aromatic carbocycles. The summed E-state index contributed by atoms with van der Waals surface area (Å²) in [7, 11) is 0. The second-order valence-corrected chi connectivity index (χ2v) is 4.48. The molecule has 0 saturated heterocycles. The average molecular weight is 216 g/mol. The molecule has 0 N–H and O–H groups in total. The molecule has 0 bridgehead atoms. The lowest BCUT2D eigenvalue weighted by Crippen LogP contribution is -1.93. The van der Waals surface area contributed by atoms with Crippen LogP contribution in [-0.4, -0.2) is 5.78 Å². The second kappa shape index (κ2) is 4.41. The summed E-state index contributed by atoms with van der Waals surface area (Å²) in [6.07, 6.45) is 0.545. The van der Waals surface area contributed by atoms with Crippen molar-refractivity contribution in [1.82, 2.24) is 0 Å². The maximum atomic E-state index is 11.0. The first kappa shape index (κ1) is 10.1. The highest BCUT2D eigenvalue weighted by atomic mass is 32.1. The van der Waals surface area contributed by atoms with Gasteiger partial charge in [-0.1, -0.05) is 30.3 Å². The number of hydrogen-bond acceptors (Lipinski definition) is 2. The molecule has 2 heteroatoms. The zero-order chi connectivity index (χ0) is 10.7. The molecule has 0 unspecified atom stereocenters. The fraction of sp³-hybridized carbons (Fsp3) is 0.154. The third-order valence-corrected chi connectivity index (χ3v) is 3.19. The first-order chi connectivity index (χ1) is 7.25. The number of thiophene rings is 1. The van der Waals surface area contributed by atoms with Crippen molar-refractivity contribution in [3.63, 3.8) is 0 Å². The number of benzene rings is 1. The summed E-state index contributed by atoms with van der Waals surface area (Å²) >= 11 is 1.69. The van der Waals surface area contributed by atoms with Crippen LogP contribution < -0.4 is 0 Å². The van der Waals surface area contributed by atoms with E-state index in [1.54, 1.807) is 18.3 Å². The van der Waals surface area contributed by atoms with Gasteiger partial charge in [0.15, 0.2) is 0 Å². The van der Waals surface area contributed by atoms with Crippen molar-refractivity contribution in [2.75, 3.05) is 0 Å². The van der Waals surface area contributed by atoms with Gasteiger partial charge < -0.3 is 0 Å². The van der Waals surface area contributed by atoms with Gasteiger partial charge in [0.1, 0.15) is 5.78 Å². The molecule has 15 heavy (non-hydrogen) atoms. The van der Waals surface area contributed by atoms with Gasteiger partial charge in [0, 0.05) is 11.3 Å². The highest BCUT2D eigenvalue weighted by Gasteiger charge is 2.03. The van der Waals surface area contributed by atoms with E-state index < -0.39 is 0 Å². The van der Waals surface area contributed by atoms with E-state index in [0.717, 1.165) is 5.56 Å². The van der Waals surface area contributed by atoms with Crippen molar-refractivity contribution in [3.8, 4) is 10.4 Å². The molecule has 0 aliphatic rings. The molecule has 1 nitrogen and oxygen atoms in total. The highest BCUT2D eigenvalue weighted by Crippen LogP contribution is 2.27. The minimum Gasteiger partial charge on any atom is -0.300 e. The molecule has 0 radical (unpaired) electrons. The minimum atomic E-state index is 0.215. The number of carbonyl (C=O) groups is 1.